The molecule has 1 N–H and O–H groups in total. The van der Waals surface area contributed by atoms with Crippen LogP contribution < -0.4 is 14.8 Å². The van der Waals surface area contributed by atoms with Crippen LogP contribution in [-0.4, -0.2) is 24.6 Å². The molecular weight excluding hydrogens is 408 g/mol. The molecule has 0 atom stereocenters. The van der Waals surface area contributed by atoms with E-state index in [1.807, 2.05) is 54.8 Å². The SMILES string of the molecule is COc1cc(C=CC(=O)Nc2nc(-c3ccc(C)cc3)cs2)ccc1OCCC(C)C. The summed E-state index contributed by atoms with van der Waals surface area (Å²) < 4.78 is 11.2. The Hall–Kier alpha value is -3.12. The molecule has 0 aliphatic heterocycles. The predicted molar refractivity (Wildman–Crippen MR) is 128 cm³/mol. The summed E-state index contributed by atoms with van der Waals surface area (Å²) in [6.45, 7) is 7.01. The molecule has 0 bridgehead atoms. The van der Waals surface area contributed by atoms with Crippen LogP contribution in [-0.2, 0) is 4.79 Å². The number of ether oxygens (including phenoxy) is 2. The minimum absolute atomic E-state index is 0.235. The smallest absolute Gasteiger partial charge is 0.250 e. The van der Waals surface area contributed by atoms with Gasteiger partial charge in [0.05, 0.1) is 19.4 Å². The van der Waals surface area contributed by atoms with Crippen molar-refractivity contribution in [2.24, 2.45) is 5.92 Å². The largest absolute Gasteiger partial charge is 0.493 e. The zero-order chi connectivity index (χ0) is 22.2. The van der Waals surface area contributed by atoms with Crippen LogP contribution in [0.25, 0.3) is 17.3 Å². The number of rotatable bonds is 9. The van der Waals surface area contributed by atoms with E-state index in [1.54, 1.807) is 13.2 Å². The van der Waals surface area contributed by atoms with Gasteiger partial charge in [0.1, 0.15) is 0 Å². The number of amides is 1. The molecule has 5 nitrogen and oxygen atoms in total. The number of anilines is 1. The molecule has 0 aliphatic rings. The summed E-state index contributed by atoms with van der Waals surface area (Å²) in [7, 11) is 1.61. The maximum absolute atomic E-state index is 12.3. The van der Waals surface area contributed by atoms with Crippen LogP contribution in [0.3, 0.4) is 0 Å². The third-order valence-electron chi connectivity index (χ3n) is 4.65. The van der Waals surface area contributed by atoms with Crippen molar-refractivity contribution < 1.29 is 14.3 Å². The van der Waals surface area contributed by atoms with Crippen LogP contribution in [0.5, 0.6) is 11.5 Å². The summed E-state index contributed by atoms with van der Waals surface area (Å²) in [5, 5.41) is 5.32. The van der Waals surface area contributed by atoms with Crippen LogP contribution in [0, 0.1) is 12.8 Å². The average molecular weight is 437 g/mol. The van der Waals surface area contributed by atoms with Gasteiger partial charge in [-0.2, -0.15) is 0 Å². The molecule has 2 aromatic carbocycles. The Labute approximate surface area is 187 Å². The minimum Gasteiger partial charge on any atom is -0.493 e. The van der Waals surface area contributed by atoms with E-state index in [0.29, 0.717) is 29.2 Å². The number of methoxy groups -OCH3 is 1. The topological polar surface area (TPSA) is 60.5 Å². The van der Waals surface area contributed by atoms with Gasteiger partial charge in [-0.3, -0.25) is 10.1 Å². The number of carbonyl (C=O) groups is 1. The van der Waals surface area contributed by atoms with Crippen molar-refractivity contribution in [3.8, 4) is 22.8 Å². The highest BCUT2D eigenvalue weighted by molar-refractivity contribution is 7.14. The summed E-state index contributed by atoms with van der Waals surface area (Å²) in [5.41, 5.74) is 3.93. The Morgan fingerprint density at radius 3 is 2.65 bits per heavy atom. The third kappa shape index (κ3) is 6.69. The molecule has 0 saturated heterocycles. The molecule has 3 rings (SSSR count). The number of carbonyl (C=O) groups excluding carboxylic acids is 1. The van der Waals surface area contributed by atoms with Crippen molar-refractivity contribution >= 4 is 28.5 Å². The molecule has 1 heterocycles. The van der Waals surface area contributed by atoms with E-state index < -0.39 is 0 Å². The highest BCUT2D eigenvalue weighted by Gasteiger charge is 2.08. The molecule has 0 aliphatic carbocycles. The van der Waals surface area contributed by atoms with Crippen LogP contribution in [0.4, 0.5) is 5.13 Å². The van der Waals surface area contributed by atoms with Gasteiger partial charge < -0.3 is 9.47 Å². The maximum Gasteiger partial charge on any atom is 0.250 e. The number of thiazole rings is 1. The molecule has 3 aromatic rings. The number of aromatic nitrogens is 1. The van der Waals surface area contributed by atoms with Crippen molar-refractivity contribution in [1.82, 2.24) is 4.98 Å². The van der Waals surface area contributed by atoms with Gasteiger partial charge in [0, 0.05) is 17.0 Å². The molecule has 1 aromatic heterocycles. The average Bonchev–Trinajstić information content (AvgIpc) is 3.21. The Morgan fingerprint density at radius 2 is 1.94 bits per heavy atom. The summed E-state index contributed by atoms with van der Waals surface area (Å²) in [5.74, 6) is 1.70. The molecular formula is C25H28N2O3S. The molecule has 0 spiro atoms. The van der Waals surface area contributed by atoms with Crippen molar-refractivity contribution in [1.29, 1.82) is 0 Å². The lowest BCUT2D eigenvalue weighted by Crippen LogP contribution is -2.07. The second kappa shape index (κ2) is 10.8. The van der Waals surface area contributed by atoms with Crippen LogP contribution >= 0.6 is 11.3 Å². The number of nitrogens with zero attached hydrogens (tertiary/aromatic N) is 1. The van der Waals surface area contributed by atoms with Gasteiger partial charge in [0.15, 0.2) is 16.6 Å². The van der Waals surface area contributed by atoms with Gasteiger partial charge >= 0.3 is 0 Å². The lowest BCUT2D eigenvalue weighted by molar-refractivity contribution is -0.111. The molecule has 31 heavy (non-hydrogen) atoms. The molecule has 162 valence electrons. The van der Waals surface area contributed by atoms with Crippen molar-refractivity contribution in [2.45, 2.75) is 27.2 Å². The fourth-order valence-corrected chi connectivity index (χ4v) is 3.54. The zero-order valence-corrected chi connectivity index (χ0v) is 19.2. The lowest BCUT2D eigenvalue weighted by atomic mass is 10.1. The van der Waals surface area contributed by atoms with E-state index in [0.717, 1.165) is 23.2 Å². The molecule has 6 heteroatoms. The quantitative estimate of drug-likeness (QED) is 0.406. The van der Waals surface area contributed by atoms with Gasteiger partial charge in [0.2, 0.25) is 5.91 Å². The number of hydrogen-bond acceptors (Lipinski definition) is 5. The van der Waals surface area contributed by atoms with Crippen LogP contribution in [0.2, 0.25) is 0 Å². The molecule has 1 amide bonds. The first-order valence-electron chi connectivity index (χ1n) is 10.3. The van der Waals surface area contributed by atoms with E-state index in [9.17, 15) is 4.79 Å². The second-order valence-corrected chi connectivity index (χ2v) is 8.53. The van der Waals surface area contributed by atoms with Crippen LogP contribution in [0.1, 0.15) is 31.4 Å². The molecule has 0 fully saturated rings. The number of benzene rings is 2. The Kier molecular flexibility index (Phi) is 7.84. The van der Waals surface area contributed by atoms with E-state index in [-0.39, 0.29) is 5.91 Å². The summed E-state index contributed by atoms with van der Waals surface area (Å²) in [6.07, 6.45) is 4.21. The summed E-state index contributed by atoms with van der Waals surface area (Å²) in [6, 6.07) is 13.8. The van der Waals surface area contributed by atoms with E-state index >= 15 is 0 Å². The van der Waals surface area contributed by atoms with Gasteiger partial charge in [-0.15, -0.1) is 11.3 Å². The van der Waals surface area contributed by atoms with Gasteiger partial charge in [-0.05, 0) is 43.0 Å². The predicted octanol–water partition coefficient (Wildman–Crippen LogP) is 6.20. The maximum atomic E-state index is 12.3. The highest BCUT2D eigenvalue weighted by atomic mass is 32.1. The normalized spacial score (nSPS) is 11.1. The minimum atomic E-state index is -0.235. The first-order chi connectivity index (χ1) is 14.9. The van der Waals surface area contributed by atoms with E-state index in [2.05, 4.69) is 24.1 Å². The number of aryl methyl sites for hydroxylation is 1. The summed E-state index contributed by atoms with van der Waals surface area (Å²) in [4.78, 5) is 16.8. The van der Waals surface area contributed by atoms with Gasteiger partial charge in [-0.25, -0.2) is 4.98 Å². The Bertz CT molecular complexity index is 1040. The second-order valence-electron chi connectivity index (χ2n) is 7.67. The number of nitrogens with one attached hydrogen (secondary N) is 1. The first-order valence-corrected chi connectivity index (χ1v) is 11.1. The fourth-order valence-electron chi connectivity index (χ4n) is 2.82. The van der Waals surface area contributed by atoms with Crippen molar-refractivity contribution in [3.63, 3.8) is 0 Å². The third-order valence-corrected chi connectivity index (χ3v) is 5.41. The first kappa shape index (κ1) is 22.6. The molecule has 0 radical (unpaired) electrons. The van der Waals surface area contributed by atoms with Crippen molar-refractivity contribution in [3.05, 3.63) is 65.0 Å². The lowest BCUT2D eigenvalue weighted by Gasteiger charge is -2.12. The number of hydrogen-bond donors (Lipinski definition) is 1. The van der Waals surface area contributed by atoms with Gasteiger partial charge in [-0.1, -0.05) is 49.7 Å². The Morgan fingerprint density at radius 1 is 1.16 bits per heavy atom. The Balaban J connectivity index is 1.60. The monoisotopic (exact) mass is 436 g/mol. The van der Waals surface area contributed by atoms with Gasteiger partial charge in [0.25, 0.3) is 0 Å². The van der Waals surface area contributed by atoms with Crippen LogP contribution in [0.15, 0.2) is 53.9 Å². The zero-order valence-electron chi connectivity index (χ0n) is 18.3. The molecule has 0 unspecified atom stereocenters. The van der Waals surface area contributed by atoms with E-state index in [1.165, 1.54) is 23.0 Å². The van der Waals surface area contributed by atoms with E-state index in [4.69, 9.17) is 9.47 Å². The van der Waals surface area contributed by atoms with Crippen molar-refractivity contribution in [2.75, 3.05) is 19.0 Å². The fraction of sp³-hybridized carbons (Fsp3) is 0.280. The molecule has 0 saturated carbocycles. The highest BCUT2D eigenvalue weighted by Crippen LogP contribution is 2.29. The summed E-state index contributed by atoms with van der Waals surface area (Å²) >= 11 is 1.40. The standard InChI is InChI=1S/C25H28N2O3S/c1-17(2)13-14-30-22-11-7-19(15-23(22)29-4)8-12-24(28)27-25-26-21(16-31-25)20-9-5-18(3)6-10-20/h5-12,15-17H,13-14H2,1-4H3,(H,26,27,28).